The van der Waals surface area contributed by atoms with Gasteiger partial charge >= 0.3 is 6.09 Å². The van der Waals surface area contributed by atoms with E-state index in [2.05, 4.69) is 5.32 Å². The van der Waals surface area contributed by atoms with Crippen LogP contribution >= 0.6 is 0 Å². The number of unbranched alkanes of at least 4 members (excludes halogenated alkanes) is 1. The van der Waals surface area contributed by atoms with Gasteiger partial charge < -0.3 is 39.6 Å². The molecule has 0 spiro atoms. The van der Waals surface area contributed by atoms with Crippen molar-refractivity contribution < 1.29 is 52.3 Å². The van der Waals surface area contributed by atoms with Gasteiger partial charge in [-0.2, -0.15) is 4.31 Å². The zero-order chi connectivity index (χ0) is 35.2. The van der Waals surface area contributed by atoms with Crippen LogP contribution in [0.25, 0.3) is 0 Å². The number of aliphatic hydroxyl groups excluding tert-OH is 2. The van der Waals surface area contributed by atoms with E-state index in [1.54, 1.807) is 0 Å². The number of benzene rings is 2. The van der Waals surface area contributed by atoms with Crippen LogP contribution in [-0.4, -0.2) is 116 Å². The zero-order valence-corrected chi connectivity index (χ0v) is 28.7. The Kier molecular flexibility index (Phi) is 12.0. The van der Waals surface area contributed by atoms with Crippen LogP contribution in [0, 0.1) is 11.3 Å². The summed E-state index contributed by atoms with van der Waals surface area (Å²) in [6, 6.07) is 12.0. The lowest BCUT2D eigenvalue weighted by Crippen LogP contribution is -2.58. The second-order valence-electron chi connectivity index (χ2n) is 13.5. The molecule has 2 aromatic carbocycles. The maximum atomic E-state index is 14.4. The molecule has 0 aliphatic carbocycles. The lowest BCUT2D eigenvalue weighted by atomic mass is 9.87. The average Bonchev–Trinajstić information content (AvgIpc) is 3.82. The van der Waals surface area contributed by atoms with Gasteiger partial charge in [-0.15, -0.1) is 0 Å². The Labute approximate surface area is 286 Å². The number of fused-ring (bicyclic) bond motifs is 2. The Balaban J connectivity index is 1.43. The maximum Gasteiger partial charge on any atom is 0.407 e. The summed E-state index contributed by atoms with van der Waals surface area (Å²) in [6.07, 6.45) is -0.570. The van der Waals surface area contributed by atoms with Crippen LogP contribution in [0.3, 0.4) is 0 Å². The SMILES string of the molecule is CC(C)(CCCCNC(=O)CO)CN(C[C@@H](O)[C@H](Cc1ccccc1)N(C(=O)O)[C@H]1CO[C@H]2OCC[C@H]21)S(=O)(=O)c1ccc2c(c1)OCO2. The standard InChI is InChI=1S/C34H47N3O11S/c1-34(2,13-6-7-14-35-31(40)19-38)21-36(49(43,44)24-10-11-29-30(17-24)48-22-47-29)18-28(39)26(16-23-8-4-3-5-9-23)37(33(41)42)27-20-46-32-25(27)12-15-45-32/h3-5,8-11,17,25-28,32,38-39H,6-7,12-16,18-22H2,1-2H3,(H,35,40)(H,41,42)/t25-,26-,27-,28+,32+/m0/s1. The Hall–Kier alpha value is -3.47. The normalized spacial score (nSPS) is 21.4. The van der Waals surface area contributed by atoms with Crippen molar-refractivity contribution in [2.75, 3.05) is 46.2 Å². The van der Waals surface area contributed by atoms with E-state index in [-0.39, 0.29) is 43.7 Å². The van der Waals surface area contributed by atoms with Crippen LogP contribution in [-0.2, 0) is 30.7 Å². The van der Waals surface area contributed by atoms with Crippen molar-refractivity contribution >= 4 is 22.0 Å². The molecule has 5 rings (SSSR count). The highest BCUT2D eigenvalue weighted by molar-refractivity contribution is 7.89. The molecule has 0 saturated carbocycles. The molecule has 5 atom stereocenters. The van der Waals surface area contributed by atoms with E-state index in [4.69, 9.17) is 24.1 Å². The number of aliphatic hydroxyl groups is 2. The summed E-state index contributed by atoms with van der Waals surface area (Å²) in [5, 5.41) is 34.2. The molecule has 2 amide bonds. The second kappa shape index (κ2) is 16.0. The molecule has 3 aliphatic heterocycles. The maximum absolute atomic E-state index is 14.4. The molecule has 2 aromatic rings. The largest absolute Gasteiger partial charge is 0.465 e. The minimum atomic E-state index is -4.24. The van der Waals surface area contributed by atoms with Gasteiger partial charge in [-0.1, -0.05) is 50.6 Å². The van der Waals surface area contributed by atoms with E-state index >= 15 is 0 Å². The molecule has 0 bridgehead atoms. The monoisotopic (exact) mass is 705 g/mol. The van der Waals surface area contributed by atoms with Crippen molar-refractivity contribution in [2.45, 2.75) is 75.3 Å². The zero-order valence-electron chi connectivity index (χ0n) is 27.9. The molecule has 0 unspecified atom stereocenters. The van der Waals surface area contributed by atoms with Crippen LogP contribution < -0.4 is 14.8 Å². The van der Waals surface area contributed by atoms with Crippen LogP contribution in [0.15, 0.2) is 53.4 Å². The number of nitrogens with one attached hydrogen (secondary N) is 1. The van der Waals surface area contributed by atoms with Crippen LogP contribution in [0.5, 0.6) is 11.5 Å². The number of carbonyl (C=O) groups is 2. The number of carboxylic acid groups (broad SMARTS) is 1. The Morgan fingerprint density at radius 3 is 2.55 bits per heavy atom. The highest BCUT2D eigenvalue weighted by Gasteiger charge is 2.49. The topological polar surface area (TPSA) is 184 Å². The lowest BCUT2D eigenvalue weighted by molar-refractivity contribution is -0.123. The smallest absolute Gasteiger partial charge is 0.407 e. The van der Waals surface area contributed by atoms with Gasteiger partial charge in [0.05, 0.1) is 36.3 Å². The van der Waals surface area contributed by atoms with Crippen LogP contribution in [0.2, 0.25) is 0 Å². The number of amides is 2. The minimum Gasteiger partial charge on any atom is -0.465 e. The van der Waals surface area contributed by atoms with E-state index in [1.165, 1.54) is 27.4 Å². The number of carbonyl (C=O) groups excluding carboxylic acids is 1. The minimum absolute atomic E-state index is 0.0139. The third-order valence-electron chi connectivity index (χ3n) is 9.40. The van der Waals surface area contributed by atoms with Crippen molar-refractivity contribution in [2.24, 2.45) is 11.3 Å². The second-order valence-corrected chi connectivity index (χ2v) is 15.5. The first-order chi connectivity index (χ1) is 23.4. The van der Waals surface area contributed by atoms with Crippen molar-refractivity contribution in [3.63, 3.8) is 0 Å². The summed E-state index contributed by atoms with van der Waals surface area (Å²) in [4.78, 5) is 25.6. The molecular weight excluding hydrogens is 658 g/mol. The molecule has 2 saturated heterocycles. The van der Waals surface area contributed by atoms with E-state index in [9.17, 15) is 28.2 Å². The fourth-order valence-electron chi connectivity index (χ4n) is 6.87. The summed E-state index contributed by atoms with van der Waals surface area (Å²) in [5.41, 5.74) is 0.203. The molecule has 0 radical (unpaired) electrons. The Morgan fingerprint density at radius 2 is 1.82 bits per heavy atom. The number of hydrogen-bond acceptors (Lipinski definition) is 10. The van der Waals surface area contributed by atoms with E-state index in [0.29, 0.717) is 50.3 Å². The number of hydrogen-bond donors (Lipinski definition) is 4. The van der Waals surface area contributed by atoms with Crippen LogP contribution in [0.1, 0.15) is 45.1 Å². The van der Waals surface area contributed by atoms with Crippen LogP contribution in [0.4, 0.5) is 4.79 Å². The third kappa shape index (κ3) is 9.01. The molecular formula is C34H47N3O11S. The highest BCUT2D eigenvalue weighted by atomic mass is 32.2. The molecule has 15 heteroatoms. The number of ether oxygens (including phenoxy) is 4. The van der Waals surface area contributed by atoms with Gasteiger partial charge in [0, 0.05) is 31.6 Å². The summed E-state index contributed by atoms with van der Waals surface area (Å²) >= 11 is 0. The fourth-order valence-corrected chi connectivity index (χ4v) is 8.53. The van der Waals surface area contributed by atoms with Crippen molar-refractivity contribution in [3.05, 3.63) is 54.1 Å². The number of nitrogens with zero attached hydrogens (tertiary/aromatic N) is 2. The molecule has 14 nitrogen and oxygen atoms in total. The Morgan fingerprint density at radius 1 is 1.06 bits per heavy atom. The molecule has 49 heavy (non-hydrogen) atoms. The molecule has 4 N–H and O–H groups in total. The molecule has 270 valence electrons. The third-order valence-corrected chi connectivity index (χ3v) is 11.2. The average molecular weight is 706 g/mol. The van der Waals surface area contributed by atoms with Crippen molar-refractivity contribution in [3.8, 4) is 11.5 Å². The van der Waals surface area contributed by atoms with Gasteiger partial charge in [-0.3, -0.25) is 9.69 Å². The molecule has 2 fully saturated rings. The predicted molar refractivity (Wildman–Crippen MR) is 176 cm³/mol. The van der Waals surface area contributed by atoms with Gasteiger partial charge in [0.15, 0.2) is 17.8 Å². The number of sulfonamides is 1. The summed E-state index contributed by atoms with van der Waals surface area (Å²) < 4.78 is 52.3. The lowest BCUT2D eigenvalue weighted by Gasteiger charge is -2.40. The van der Waals surface area contributed by atoms with Crippen molar-refractivity contribution in [1.29, 1.82) is 0 Å². The fraction of sp³-hybridized carbons (Fsp3) is 0.588. The quantitative estimate of drug-likeness (QED) is 0.177. The van der Waals surface area contributed by atoms with E-state index in [1.807, 2.05) is 44.2 Å². The first-order valence-electron chi connectivity index (χ1n) is 16.6. The van der Waals surface area contributed by atoms with E-state index in [0.717, 1.165) is 5.56 Å². The number of rotatable bonds is 17. The van der Waals surface area contributed by atoms with Gasteiger partial charge in [-0.05, 0) is 48.8 Å². The first kappa shape index (κ1) is 36.8. The van der Waals surface area contributed by atoms with Gasteiger partial charge in [0.2, 0.25) is 22.7 Å². The molecule has 0 aromatic heterocycles. The van der Waals surface area contributed by atoms with E-state index < -0.39 is 58.5 Å². The Bertz CT molecular complexity index is 1540. The molecule has 3 aliphatic rings. The molecule has 3 heterocycles. The first-order valence-corrected chi connectivity index (χ1v) is 18.1. The van der Waals surface area contributed by atoms with Gasteiger partial charge in [0.1, 0.15) is 6.61 Å². The highest BCUT2D eigenvalue weighted by Crippen LogP contribution is 2.38. The predicted octanol–water partition coefficient (Wildman–Crippen LogP) is 2.42. The summed E-state index contributed by atoms with van der Waals surface area (Å²) in [7, 11) is -4.24. The van der Waals surface area contributed by atoms with Crippen molar-refractivity contribution in [1.82, 2.24) is 14.5 Å². The summed E-state index contributed by atoms with van der Waals surface area (Å²) in [5.74, 6) is 0.0393. The van der Waals surface area contributed by atoms with Gasteiger partial charge in [-0.25, -0.2) is 13.2 Å². The summed E-state index contributed by atoms with van der Waals surface area (Å²) in [6.45, 7) is 3.78. The van der Waals surface area contributed by atoms with Gasteiger partial charge in [0.25, 0.3) is 0 Å².